The standard InChI is InChI=1S/C13H12/c1-2-11-9-6-10-13(11)12-7-4-3-5-8-12/h2-10H,1H3. The first-order valence-corrected chi connectivity index (χ1v) is 4.52. The van der Waals surface area contributed by atoms with E-state index >= 15 is 0 Å². The van der Waals surface area contributed by atoms with Crippen LogP contribution >= 0.6 is 0 Å². The lowest BCUT2D eigenvalue weighted by Gasteiger charge is -2.03. The summed E-state index contributed by atoms with van der Waals surface area (Å²) in [5.41, 5.74) is 3.93. The summed E-state index contributed by atoms with van der Waals surface area (Å²) in [7, 11) is 0. The van der Waals surface area contributed by atoms with Gasteiger partial charge in [-0.2, -0.15) is 0 Å². The van der Waals surface area contributed by atoms with E-state index in [0.717, 1.165) is 0 Å². The third kappa shape index (κ3) is 1.48. The van der Waals surface area contributed by atoms with Crippen LogP contribution < -0.4 is 0 Å². The highest BCUT2D eigenvalue weighted by atomic mass is 14.1. The molecule has 1 aliphatic carbocycles. The van der Waals surface area contributed by atoms with Crippen molar-refractivity contribution in [3.05, 3.63) is 65.8 Å². The molecule has 0 radical (unpaired) electrons. The maximum absolute atomic E-state index is 2.16. The molecule has 0 heterocycles. The largest absolute Gasteiger partial charge is 0.0798 e. The summed E-state index contributed by atoms with van der Waals surface area (Å²) >= 11 is 0. The average molecular weight is 168 g/mol. The Morgan fingerprint density at radius 1 is 1.08 bits per heavy atom. The SMILES string of the molecule is CC=C1C=CC=C1c1ccccc1. The molecule has 0 aliphatic heterocycles. The fourth-order valence-electron chi connectivity index (χ4n) is 1.57. The van der Waals surface area contributed by atoms with Gasteiger partial charge < -0.3 is 0 Å². The van der Waals surface area contributed by atoms with E-state index in [4.69, 9.17) is 0 Å². The number of rotatable bonds is 1. The van der Waals surface area contributed by atoms with Gasteiger partial charge in [0.25, 0.3) is 0 Å². The quantitative estimate of drug-likeness (QED) is 0.601. The molecule has 0 saturated heterocycles. The highest BCUT2D eigenvalue weighted by Crippen LogP contribution is 2.27. The van der Waals surface area contributed by atoms with Crippen LogP contribution in [0.3, 0.4) is 0 Å². The van der Waals surface area contributed by atoms with E-state index in [1.54, 1.807) is 0 Å². The van der Waals surface area contributed by atoms with Crippen LogP contribution in [-0.4, -0.2) is 0 Å². The Hall–Kier alpha value is -1.56. The predicted octanol–water partition coefficient (Wildman–Crippen LogP) is 3.59. The summed E-state index contributed by atoms with van der Waals surface area (Å²) in [6, 6.07) is 10.5. The molecule has 1 aromatic rings. The molecule has 0 N–H and O–H groups in total. The summed E-state index contributed by atoms with van der Waals surface area (Å²) in [6.45, 7) is 2.07. The van der Waals surface area contributed by atoms with E-state index in [-0.39, 0.29) is 0 Å². The van der Waals surface area contributed by atoms with Crippen LogP contribution in [0.2, 0.25) is 0 Å². The molecule has 13 heavy (non-hydrogen) atoms. The zero-order valence-electron chi connectivity index (χ0n) is 7.70. The Morgan fingerprint density at radius 2 is 1.85 bits per heavy atom. The van der Waals surface area contributed by atoms with Crippen LogP contribution in [0.15, 0.2) is 60.2 Å². The van der Waals surface area contributed by atoms with Crippen molar-refractivity contribution >= 4 is 5.57 Å². The minimum atomic E-state index is 1.29. The zero-order valence-corrected chi connectivity index (χ0v) is 7.70. The molecular formula is C13H12. The van der Waals surface area contributed by atoms with Crippen molar-refractivity contribution < 1.29 is 0 Å². The van der Waals surface area contributed by atoms with Gasteiger partial charge >= 0.3 is 0 Å². The van der Waals surface area contributed by atoms with Gasteiger partial charge in [-0.25, -0.2) is 0 Å². The molecule has 1 aliphatic rings. The molecule has 0 bridgehead atoms. The summed E-state index contributed by atoms with van der Waals surface area (Å²) in [5, 5.41) is 0. The summed E-state index contributed by atoms with van der Waals surface area (Å²) in [5.74, 6) is 0. The lowest BCUT2D eigenvalue weighted by Crippen LogP contribution is -1.82. The maximum atomic E-state index is 2.16. The summed E-state index contributed by atoms with van der Waals surface area (Å²) in [6.07, 6.45) is 8.53. The Balaban J connectivity index is 2.40. The monoisotopic (exact) mass is 168 g/mol. The van der Waals surface area contributed by atoms with Gasteiger partial charge in [0.05, 0.1) is 0 Å². The Labute approximate surface area is 78.9 Å². The molecule has 0 atom stereocenters. The number of allylic oxidation sites excluding steroid dienone is 6. The van der Waals surface area contributed by atoms with E-state index in [1.807, 2.05) is 6.07 Å². The molecule has 0 nitrogen and oxygen atoms in total. The van der Waals surface area contributed by atoms with Gasteiger partial charge in [-0.15, -0.1) is 0 Å². The van der Waals surface area contributed by atoms with Gasteiger partial charge in [0, 0.05) is 0 Å². The topological polar surface area (TPSA) is 0 Å². The maximum Gasteiger partial charge on any atom is -0.0115 e. The normalized spacial score (nSPS) is 17.9. The van der Waals surface area contributed by atoms with E-state index in [2.05, 4.69) is 55.5 Å². The van der Waals surface area contributed by atoms with E-state index in [1.165, 1.54) is 16.7 Å². The second-order valence-corrected chi connectivity index (χ2v) is 3.05. The first-order valence-electron chi connectivity index (χ1n) is 4.52. The number of hydrogen-bond acceptors (Lipinski definition) is 0. The van der Waals surface area contributed by atoms with Crippen LogP contribution in [0.25, 0.3) is 5.57 Å². The molecule has 64 valence electrons. The van der Waals surface area contributed by atoms with E-state index in [0.29, 0.717) is 0 Å². The van der Waals surface area contributed by atoms with Crippen molar-refractivity contribution in [2.24, 2.45) is 0 Å². The van der Waals surface area contributed by atoms with Gasteiger partial charge in [0.15, 0.2) is 0 Å². The highest BCUT2D eigenvalue weighted by Gasteiger charge is 2.06. The fraction of sp³-hybridized carbons (Fsp3) is 0.0769. The van der Waals surface area contributed by atoms with Crippen molar-refractivity contribution in [2.45, 2.75) is 6.92 Å². The minimum absolute atomic E-state index is 1.29. The third-order valence-corrected chi connectivity index (χ3v) is 2.25. The smallest absolute Gasteiger partial charge is 0.0115 e. The Morgan fingerprint density at radius 3 is 2.54 bits per heavy atom. The first-order chi connectivity index (χ1) is 6.42. The molecule has 0 fully saturated rings. The molecule has 0 unspecified atom stereocenters. The second-order valence-electron chi connectivity index (χ2n) is 3.05. The van der Waals surface area contributed by atoms with Gasteiger partial charge in [-0.05, 0) is 23.6 Å². The molecule has 1 aromatic carbocycles. The van der Waals surface area contributed by atoms with Gasteiger partial charge in [-0.1, -0.05) is 54.6 Å². The molecule has 2 rings (SSSR count). The van der Waals surface area contributed by atoms with E-state index in [9.17, 15) is 0 Å². The number of benzene rings is 1. The van der Waals surface area contributed by atoms with Crippen LogP contribution in [0.5, 0.6) is 0 Å². The molecule has 0 spiro atoms. The minimum Gasteiger partial charge on any atom is -0.0798 e. The zero-order chi connectivity index (χ0) is 9.10. The van der Waals surface area contributed by atoms with Crippen molar-refractivity contribution in [3.8, 4) is 0 Å². The van der Waals surface area contributed by atoms with Crippen LogP contribution in [-0.2, 0) is 0 Å². The van der Waals surface area contributed by atoms with E-state index < -0.39 is 0 Å². The third-order valence-electron chi connectivity index (χ3n) is 2.25. The summed E-state index contributed by atoms with van der Waals surface area (Å²) in [4.78, 5) is 0. The first kappa shape index (κ1) is 8.06. The Bertz CT molecular complexity index is 378. The molecular weight excluding hydrogens is 156 g/mol. The van der Waals surface area contributed by atoms with Crippen molar-refractivity contribution in [2.75, 3.05) is 0 Å². The Kier molecular flexibility index (Phi) is 2.13. The van der Waals surface area contributed by atoms with Crippen LogP contribution in [0.1, 0.15) is 12.5 Å². The van der Waals surface area contributed by atoms with Gasteiger partial charge in [0.2, 0.25) is 0 Å². The van der Waals surface area contributed by atoms with Crippen LogP contribution in [0.4, 0.5) is 0 Å². The van der Waals surface area contributed by atoms with Crippen molar-refractivity contribution in [1.82, 2.24) is 0 Å². The molecule has 0 saturated carbocycles. The van der Waals surface area contributed by atoms with Gasteiger partial charge in [-0.3, -0.25) is 0 Å². The number of hydrogen-bond donors (Lipinski definition) is 0. The van der Waals surface area contributed by atoms with Gasteiger partial charge in [0.1, 0.15) is 0 Å². The molecule has 0 amide bonds. The molecule has 0 aromatic heterocycles. The average Bonchev–Trinajstić information content (AvgIpc) is 2.67. The predicted molar refractivity (Wildman–Crippen MR) is 57.3 cm³/mol. The second kappa shape index (κ2) is 3.44. The van der Waals surface area contributed by atoms with Crippen LogP contribution in [0, 0.1) is 0 Å². The highest BCUT2D eigenvalue weighted by molar-refractivity contribution is 5.85. The van der Waals surface area contributed by atoms with Crippen molar-refractivity contribution in [1.29, 1.82) is 0 Å². The lowest BCUT2D eigenvalue weighted by atomic mass is 10.0. The fourth-order valence-corrected chi connectivity index (χ4v) is 1.57. The summed E-state index contributed by atoms with van der Waals surface area (Å²) < 4.78 is 0. The van der Waals surface area contributed by atoms with Crippen molar-refractivity contribution in [3.63, 3.8) is 0 Å². The molecule has 0 heteroatoms. The lowest BCUT2D eigenvalue weighted by molar-refractivity contribution is 1.57.